The Bertz CT molecular complexity index is 1470. The molecule has 0 amide bonds. The maximum absolute atomic E-state index is 6.81. The van der Waals surface area contributed by atoms with Gasteiger partial charge in [0.25, 0.3) is 0 Å². The smallest absolute Gasteiger partial charge is 0.231 e. The Hall–Kier alpha value is -4.16. The molecule has 7 rings (SSSR count). The van der Waals surface area contributed by atoms with Crippen molar-refractivity contribution in [2.75, 3.05) is 27.3 Å². The van der Waals surface area contributed by atoms with Crippen molar-refractivity contribution in [3.05, 3.63) is 112 Å². The largest absolute Gasteiger partial charge is 0.492 e. The van der Waals surface area contributed by atoms with Crippen molar-refractivity contribution < 1.29 is 28.4 Å². The number of benzene rings is 4. The summed E-state index contributed by atoms with van der Waals surface area (Å²) >= 11 is 0. The Morgan fingerprint density at radius 3 is 2.21 bits per heavy atom. The number of hydrogen-bond acceptors (Lipinski definition) is 6. The zero-order valence-electron chi connectivity index (χ0n) is 21.1. The lowest BCUT2D eigenvalue weighted by Crippen LogP contribution is -2.24. The molecule has 0 spiro atoms. The van der Waals surface area contributed by atoms with E-state index in [1.54, 1.807) is 7.11 Å². The third-order valence-electron chi connectivity index (χ3n) is 7.49. The van der Waals surface area contributed by atoms with Crippen LogP contribution in [0.15, 0.2) is 78.9 Å². The fourth-order valence-electron chi connectivity index (χ4n) is 5.74. The van der Waals surface area contributed by atoms with Crippen molar-refractivity contribution >= 4 is 0 Å². The van der Waals surface area contributed by atoms with Gasteiger partial charge in [-0.25, -0.2) is 0 Å². The summed E-state index contributed by atoms with van der Waals surface area (Å²) in [5.41, 5.74) is 6.55. The maximum Gasteiger partial charge on any atom is 0.231 e. The van der Waals surface area contributed by atoms with Crippen LogP contribution < -0.4 is 23.7 Å². The van der Waals surface area contributed by atoms with Gasteiger partial charge in [-0.1, -0.05) is 60.7 Å². The molecule has 0 aromatic heterocycles. The zero-order valence-corrected chi connectivity index (χ0v) is 21.1. The lowest BCUT2D eigenvalue weighted by molar-refractivity contribution is 0.0499. The fraction of sp³-hybridized carbons (Fsp3) is 0.250. The minimum Gasteiger partial charge on any atom is -0.492 e. The predicted octanol–water partition coefficient (Wildman–Crippen LogP) is 6.19. The predicted molar refractivity (Wildman–Crippen MR) is 142 cm³/mol. The monoisotopic (exact) mass is 508 g/mol. The first-order valence-corrected chi connectivity index (χ1v) is 12.9. The SMILES string of the molecule is COCOc1ccc2c(c1Cc1ccccc1)OC[C@H]1c3cc4c(c(Cc5ccccc5)c3O[C@@H]21)OCO4. The summed E-state index contributed by atoms with van der Waals surface area (Å²) in [4.78, 5) is 0. The van der Waals surface area contributed by atoms with Crippen LogP contribution in [0.1, 0.15) is 45.4 Å². The van der Waals surface area contributed by atoms with Crippen LogP contribution in [0.25, 0.3) is 0 Å². The molecule has 6 heteroatoms. The molecule has 0 radical (unpaired) electrons. The molecule has 0 saturated heterocycles. The molecule has 0 bridgehead atoms. The van der Waals surface area contributed by atoms with Gasteiger partial charge in [-0.3, -0.25) is 0 Å². The van der Waals surface area contributed by atoms with E-state index in [9.17, 15) is 0 Å². The van der Waals surface area contributed by atoms with E-state index in [1.807, 2.05) is 30.3 Å². The molecular formula is C32H28O6. The van der Waals surface area contributed by atoms with Crippen molar-refractivity contribution in [3.8, 4) is 28.7 Å². The number of rotatable bonds is 7. The van der Waals surface area contributed by atoms with Crippen molar-refractivity contribution in [2.45, 2.75) is 24.9 Å². The minimum atomic E-state index is -0.170. The fourth-order valence-corrected chi connectivity index (χ4v) is 5.74. The molecule has 0 N–H and O–H groups in total. The van der Waals surface area contributed by atoms with E-state index in [0.717, 1.165) is 51.0 Å². The van der Waals surface area contributed by atoms with Crippen LogP contribution in [0.3, 0.4) is 0 Å². The first-order chi connectivity index (χ1) is 18.8. The van der Waals surface area contributed by atoms with Gasteiger partial charge in [0.15, 0.2) is 18.3 Å². The van der Waals surface area contributed by atoms with Gasteiger partial charge < -0.3 is 28.4 Å². The molecule has 3 heterocycles. The number of ether oxygens (including phenoxy) is 6. The van der Waals surface area contributed by atoms with Crippen LogP contribution in [0, 0.1) is 0 Å². The van der Waals surface area contributed by atoms with Crippen molar-refractivity contribution in [3.63, 3.8) is 0 Å². The topological polar surface area (TPSA) is 55.4 Å². The molecule has 4 aromatic rings. The Morgan fingerprint density at radius 1 is 0.737 bits per heavy atom. The molecule has 0 aliphatic carbocycles. The summed E-state index contributed by atoms with van der Waals surface area (Å²) in [6.07, 6.45) is 1.21. The number of fused-ring (bicyclic) bond motifs is 6. The summed E-state index contributed by atoms with van der Waals surface area (Å²) < 4.78 is 36.3. The molecule has 0 saturated carbocycles. The van der Waals surface area contributed by atoms with Crippen molar-refractivity contribution in [1.82, 2.24) is 0 Å². The van der Waals surface area contributed by atoms with E-state index >= 15 is 0 Å². The average Bonchev–Trinajstić information content (AvgIpc) is 3.58. The third kappa shape index (κ3) is 3.92. The van der Waals surface area contributed by atoms with Crippen LogP contribution in [0.5, 0.6) is 28.7 Å². The van der Waals surface area contributed by atoms with Crippen molar-refractivity contribution in [1.29, 1.82) is 0 Å². The van der Waals surface area contributed by atoms with Crippen molar-refractivity contribution in [2.24, 2.45) is 0 Å². The second-order valence-electron chi connectivity index (χ2n) is 9.80. The van der Waals surface area contributed by atoms with Crippen LogP contribution in [0.2, 0.25) is 0 Å². The molecule has 4 aromatic carbocycles. The lowest BCUT2D eigenvalue weighted by atomic mass is 9.86. The highest BCUT2D eigenvalue weighted by Crippen LogP contribution is 2.57. The highest BCUT2D eigenvalue weighted by atomic mass is 16.7. The first-order valence-electron chi connectivity index (χ1n) is 12.9. The summed E-state index contributed by atoms with van der Waals surface area (Å²) in [6.45, 7) is 0.897. The third-order valence-corrected chi connectivity index (χ3v) is 7.49. The van der Waals surface area contributed by atoms with Gasteiger partial charge in [-0.2, -0.15) is 0 Å². The molecule has 3 aliphatic heterocycles. The molecule has 2 atom stereocenters. The van der Waals surface area contributed by atoms with Gasteiger partial charge in [0.05, 0.1) is 12.5 Å². The van der Waals surface area contributed by atoms with Crippen LogP contribution in [-0.2, 0) is 17.6 Å². The number of hydrogen-bond donors (Lipinski definition) is 0. The van der Waals surface area contributed by atoms with E-state index in [0.29, 0.717) is 19.4 Å². The van der Waals surface area contributed by atoms with Crippen LogP contribution in [-0.4, -0.2) is 27.3 Å². The highest BCUT2D eigenvalue weighted by Gasteiger charge is 2.44. The average molecular weight is 509 g/mol. The van der Waals surface area contributed by atoms with Gasteiger partial charge in [-0.15, -0.1) is 0 Å². The molecule has 3 aliphatic rings. The van der Waals surface area contributed by atoms with E-state index in [2.05, 4.69) is 48.5 Å². The summed E-state index contributed by atoms with van der Waals surface area (Å²) in [7, 11) is 1.62. The van der Waals surface area contributed by atoms with E-state index in [-0.39, 0.29) is 25.6 Å². The second-order valence-corrected chi connectivity index (χ2v) is 9.80. The molecular weight excluding hydrogens is 480 g/mol. The quantitative estimate of drug-likeness (QED) is 0.278. The Labute approximate surface area is 221 Å². The normalized spacial score (nSPS) is 18.1. The molecule has 0 unspecified atom stereocenters. The zero-order chi connectivity index (χ0) is 25.5. The summed E-state index contributed by atoms with van der Waals surface area (Å²) in [5, 5.41) is 0. The van der Waals surface area contributed by atoms with Gasteiger partial charge in [0.2, 0.25) is 6.79 Å². The molecule has 0 fully saturated rings. The number of methoxy groups -OCH3 is 1. The highest BCUT2D eigenvalue weighted by molar-refractivity contribution is 5.65. The Morgan fingerprint density at radius 2 is 1.47 bits per heavy atom. The van der Waals surface area contributed by atoms with Gasteiger partial charge >= 0.3 is 0 Å². The first kappa shape index (κ1) is 23.0. The van der Waals surface area contributed by atoms with Crippen LogP contribution in [0.4, 0.5) is 0 Å². The Balaban J connectivity index is 1.29. The standard InChI is InChI=1S/C32H28O6/c1-33-18-35-27-13-12-22-29(24(27)14-20-8-4-2-5-9-20)34-17-26-23-16-28-32(37-19-36-28)25(31(23)38-30(22)26)15-21-10-6-3-7-11-21/h2-13,16,26,30H,14-15,17-19H2,1H3/t26-,30-/m0/s1. The molecule has 6 nitrogen and oxygen atoms in total. The van der Waals surface area contributed by atoms with E-state index < -0.39 is 0 Å². The molecule has 192 valence electrons. The Kier molecular flexibility index (Phi) is 5.82. The lowest BCUT2D eigenvalue weighted by Gasteiger charge is -2.30. The minimum absolute atomic E-state index is 0.0526. The van der Waals surface area contributed by atoms with Gasteiger partial charge in [0.1, 0.15) is 23.4 Å². The maximum atomic E-state index is 6.81. The van der Waals surface area contributed by atoms with E-state index in [4.69, 9.17) is 28.4 Å². The molecule has 38 heavy (non-hydrogen) atoms. The van der Waals surface area contributed by atoms with Gasteiger partial charge in [-0.05, 0) is 29.3 Å². The van der Waals surface area contributed by atoms with Crippen LogP contribution >= 0.6 is 0 Å². The second kappa shape index (κ2) is 9.62. The van der Waals surface area contributed by atoms with E-state index in [1.165, 1.54) is 11.1 Å². The van der Waals surface area contributed by atoms with Gasteiger partial charge in [0, 0.05) is 42.2 Å². The summed E-state index contributed by atoms with van der Waals surface area (Å²) in [5.74, 6) is 4.08. The summed E-state index contributed by atoms with van der Waals surface area (Å²) in [6, 6.07) is 26.9.